The van der Waals surface area contributed by atoms with E-state index in [1.54, 1.807) is 24.3 Å². The second-order valence-corrected chi connectivity index (χ2v) is 5.65. The monoisotopic (exact) mass is 378 g/mol. The fourth-order valence-corrected chi connectivity index (χ4v) is 2.40. The molecule has 3 aromatic rings. The highest BCUT2D eigenvalue weighted by Crippen LogP contribution is 2.24. The Morgan fingerprint density at radius 1 is 1.09 bits per heavy atom. The number of hydrogen-bond donors (Lipinski definition) is 1. The molecular formula is C16H9BrF2N2O2. The van der Waals surface area contributed by atoms with E-state index in [1.165, 1.54) is 6.07 Å². The molecule has 0 bridgehead atoms. The maximum atomic E-state index is 13.9. The van der Waals surface area contributed by atoms with E-state index in [1.807, 2.05) is 0 Å². The lowest BCUT2D eigenvalue weighted by Gasteiger charge is -2.05. The Kier molecular flexibility index (Phi) is 3.96. The van der Waals surface area contributed by atoms with Crippen LogP contribution in [0.25, 0.3) is 16.9 Å². The normalized spacial score (nSPS) is 10.7. The number of carboxylic acids is 1. The maximum absolute atomic E-state index is 13.9. The van der Waals surface area contributed by atoms with Gasteiger partial charge in [0.1, 0.15) is 11.5 Å². The Hall–Kier alpha value is -2.54. The molecule has 1 aromatic heterocycles. The van der Waals surface area contributed by atoms with E-state index in [4.69, 9.17) is 0 Å². The first-order valence-corrected chi connectivity index (χ1v) is 7.30. The summed E-state index contributed by atoms with van der Waals surface area (Å²) in [4.78, 5) is 11.4. The Morgan fingerprint density at radius 2 is 1.78 bits per heavy atom. The van der Waals surface area contributed by atoms with Crippen molar-refractivity contribution in [2.45, 2.75) is 0 Å². The molecule has 116 valence electrons. The number of nitrogens with zero attached hydrogens (tertiary/aromatic N) is 2. The number of benzene rings is 2. The Morgan fingerprint density at radius 3 is 2.39 bits per heavy atom. The van der Waals surface area contributed by atoms with Crippen LogP contribution < -0.4 is 0 Å². The van der Waals surface area contributed by atoms with Gasteiger partial charge in [0.15, 0.2) is 11.5 Å². The molecule has 0 aliphatic heterocycles. The summed E-state index contributed by atoms with van der Waals surface area (Å²) in [7, 11) is 0. The first-order valence-electron chi connectivity index (χ1n) is 6.50. The highest BCUT2D eigenvalue weighted by molar-refractivity contribution is 9.10. The summed E-state index contributed by atoms with van der Waals surface area (Å²) in [5.41, 5.74) is 0.705. The van der Waals surface area contributed by atoms with Crippen LogP contribution in [0, 0.1) is 11.6 Å². The molecule has 0 spiro atoms. The Bertz CT molecular complexity index is 892. The van der Waals surface area contributed by atoms with Crippen LogP contribution in [0.5, 0.6) is 0 Å². The summed E-state index contributed by atoms with van der Waals surface area (Å²) in [6, 6.07) is 11.3. The van der Waals surface area contributed by atoms with E-state index >= 15 is 0 Å². The van der Waals surface area contributed by atoms with Crippen molar-refractivity contribution in [2.75, 3.05) is 0 Å². The lowest BCUT2D eigenvalue weighted by atomic mass is 10.1. The topological polar surface area (TPSA) is 55.1 Å². The van der Waals surface area contributed by atoms with Crippen molar-refractivity contribution >= 4 is 21.9 Å². The molecule has 1 heterocycles. The van der Waals surface area contributed by atoms with Gasteiger partial charge in [0.25, 0.3) is 0 Å². The molecule has 0 aliphatic rings. The quantitative estimate of drug-likeness (QED) is 0.739. The number of carbonyl (C=O) groups is 1. The third kappa shape index (κ3) is 3.00. The van der Waals surface area contributed by atoms with Gasteiger partial charge in [-0.05, 0) is 30.3 Å². The second-order valence-electron chi connectivity index (χ2n) is 4.73. The van der Waals surface area contributed by atoms with Gasteiger partial charge in [-0.25, -0.2) is 18.3 Å². The van der Waals surface area contributed by atoms with Gasteiger partial charge in [-0.15, -0.1) is 0 Å². The summed E-state index contributed by atoms with van der Waals surface area (Å²) in [6.07, 6.45) is 0. The molecule has 2 aromatic carbocycles. The lowest BCUT2D eigenvalue weighted by Crippen LogP contribution is -2.09. The highest BCUT2D eigenvalue weighted by atomic mass is 79.9. The highest BCUT2D eigenvalue weighted by Gasteiger charge is 2.19. The molecule has 0 amide bonds. The van der Waals surface area contributed by atoms with Crippen molar-refractivity contribution < 1.29 is 18.7 Å². The number of halogens is 3. The maximum Gasteiger partial charge on any atom is 0.354 e. The third-order valence-electron chi connectivity index (χ3n) is 3.21. The predicted molar refractivity (Wildman–Crippen MR) is 83.6 cm³/mol. The minimum absolute atomic E-state index is 0.132. The van der Waals surface area contributed by atoms with Crippen LogP contribution in [0.4, 0.5) is 8.78 Å². The SMILES string of the molecule is O=C(O)c1cc(-c2ccc(Br)cc2)nn1-c1ccc(F)cc1F. The Balaban J connectivity index is 2.16. The van der Waals surface area contributed by atoms with Crippen molar-refractivity contribution in [1.82, 2.24) is 9.78 Å². The zero-order valence-electron chi connectivity index (χ0n) is 11.5. The van der Waals surface area contributed by atoms with Crippen molar-refractivity contribution in [2.24, 2.45) is 0 Å². The third-order valence-corrected chi connectivity index (χ3v) is 3.74. The van der Waals surface area contributed by atoms with Crippen molar-refractivity contribution in [3.63, 3.8) is 0 Å². The molecule has 0 saturated heterocycles. The van der Waals surface area contributed by atoms with Crippen LogP contribution in [-0.2, 0) is 0 Å². The molecule has 0 aliphatic carbocycles. The minimum Gasteiger partial charge on any atom is -0.477 e. The fraction of sp³-hybridized carbons (Fsp3) is 0. The van der Waals surface area contributed by atoms with E-state index in [0.29, 0.717) is 17.3 Å². The van der Waals surface area contributed by atoms with Gasteiger partial charge in [0.2, 0.25) is 0 Å². The van der Waals surface area contributed by atoms with E-state index < -0.39 is 17.6 Å². The number of rotatable bonds is 3. The van der Waals surface area contributed by atoms with Crippen molar-refractivity contribution in [1.29, 1.82) is 0 Å². The zero-order chi connectivity index (χ0) is 16.6. The van der Waals surface area contributed by atoms with Crippen LogP contribution in [0.1, 0.15) is 10.5 Å². The van der Waals surface area contributed by atoms with Crippen LogP contribution in [0.3, 0.4) is 0 Å². The van der Waals surface area contributed by atoms with Gasteiger partial charge < -0.3 is 5.11 Å². The molecule has 0 unspecified atom stereocenters. The summed E-state index contributed by atoms with van der Waals surface area (Å²) in [5.74, 6) is -2.90. The van der Waals surface area contributed by atoms with Crippen LogP contribution in [0.15, 0.2) is 53.0 Å². The van der Waals surface area contributed by atoms with Crippen LogP contribution in [-0.4, -0.2) is 20.9 Å². The average Bonchev–Trinajstić information content (AvgIpc) is 2.93. The first kappa shape index (κ1) is 15.4. The number of aromatic nitrogens is 2. The van der Waals surface area contributed by atoms with Gasteiger partial charge in [-0.3, -0.25) is 0 Å². The van der Waals surface area contributed by atoms with Crippen LogP contribution in [0.2, 0.25) is 0 Å². The molecule has 0 atom stereocenters. The van der Waals surface area contributed by atoms with Crippen molar-refractivity contribution in [3.8, 4) is 16.9 Å². The first-order chi connectivity index (χ1) is 11.0. The van der Waals surface area contributed by atoms with E-state index in [2.05, 4.69) is 21.0 Å². The minimum atomic E-state index is -1.26. The molecule has 0 radical (unpaired) electrons. The molecule has 23 heavy (non-hydrogen) atoms. The number of carboxylic acid groups (broad SMARTS) is 1. The second kappa shape index (κ2) is 5.92. The summed E-state index contributed by atoms with van der Waals surface area (Å²) >= 11 is 3.31. The molecule has 0 saturated carbocycles. The molecular weight excluding hydrogens is 370 g/mol. The molecule has 7 heteroatoms. The molecule has 4 nitrogen and oxygen atoms in total. The van der Waals surface area contributed by atoms with Gasteiger partial charge >= 0.3 is 5.97 Å². The molecule has 1 N–H and O–H groups in total. The van der Waals surface area contributed by atoms with E-state index in [0.717, 1.165) is 21.3 Å². The largest absolute Gasteiger partial charge is 0.477 e. The summed E-state index contributed by atoms with van der Waals surface area (Å²) in [6.45, 7) is 0. The number of hydrogen-bond acceptors (Lipinski definition) is 2. The van der Waals surface area contributed by atoms with Gasteiger partial charge in [0, 0.05) is 16.1 Å². The van der Waals surface area contributed by atoms with Crippen molar-refractivity contribution in [3.05, 3.63) is 70.3 Å². The smallest absolute Gasteiger partial charge is 0.354 e. The van der Waals surface area contributed by atoms with E-state index in [-0.39, 0.29) is 11.4 Å². The fourth-order valence-electron chi connectivity index (χ4n) is 2.13. The average molecular weight is 379 g/mol. The molecule has 0 fully saturated rings. The van der Waals surface area contributed by atoms with Gasteiger partial charge in [0.05, 0.1) is 5.69 Å². The number of aromatic carboxylic acids is 1. The summed E-state index contributed by atoms with van der Waals surface area (Å²) < 4.78 is 28.8. The predicted octanol–water partition coefficient (Wildman–Crippen LogP) is 4.28. The molecule has 3 rings (SSSR count). The van der Waals surface area contributed by atoms with E-state index in [9.17, 15) is 18.7 Å². The lowest BCUT2D eigenvalue weighted by molar-refractivity contribution is 0.0687. The zero-order valence-corrected chi connectivity index (χ0v) is 13.1. The standard InChI is InChI=1S/C16H9BrF2N2O2/c17-10-3-1-9(2-4-10)13-8-15(16(22)23)21(20-13)14-6-5-11(18)7-12(14)19/h1-8H,(H,22,23). The Labute approximate surface area is 138 Å². The summed E-state index contributed by atoms with van der Waals surface area (Å²) in [5, 5.41) is 13.5. The van der Waals surface area contributed by atoms with Gasteiger partial charge in [-0.1, -0.05) is 28.1 Å². The van der Waals surface area contributed by atoms with Crippen LogP contribution >= 0.6 is 15.9 Å². The van der Waals surface area contributed by atoms with Gasteiger partial charge in [-0.2, -0.15) is 5.10 Å².